The molecule has 0 aliphatic rings. The number of hydrogen-bond acceptors (Lipinski definition) is 4. The number of rotatable bonds is 4. The van der Waals surface area contributed by atoms with Crippen molar-refractivity contribution in [3.8, 4) is 50.7 Å². The van der Waals surface area contributed by atoms with E-state index in [0.717, 1.165) is 39.0 Å². The monoisotopic (exact) mass is 690 g/mol. The third-order valence-electron chi connectivity index (χ3n) is 6.72. The Bertz CT molecular complexity index is 1770. The van der Waals surface area contributed by atoms with Gasteiger partial charge in [0, 0.05) is 33.0 Å². The van der Waals surface area contributed by atoms with Crippen LogP contribution in [-0.2, 0) is 26.5 Å². The third kappa shape index (κ3) is 5.30. The maximum absolute atomic E-state index is 10.4. The molecule has 1 N–H and O–H groups in total. The van der Waals surface area contributed by atoms with Gasteiger partial charge >= 0.3 is 0 Å². The summed E-state index contributed by atoms with van der Waals surface area (Å²) in [7, 11) is 0. The fourth-order valence-electron chi connectivity index (χ4n) is 4.63. The number of aromatic nitrogens is 2. The van der Waals surface area contributed by atoms with Gasteiger partial charge in [-0.25, -0.2) is 4.98 Å². The molecule has 6 rings (SSSR count). The predicted molar refractivity (Wildman–Crippen MR) is 153 cm³/mol. The molecule has 0 spiro atoms. The first kappa shape index (κ1) is 26.6. The second kappa shape index (κ2) is 10.6. The standard InChI is InChI=1S/C34H27N2O2.Pt/c1-34(2,3)26-16-17-35-29(21-26)25-19-23(22-10-5-4-6-11-22)18-24(20-25)27-13-9-15-31-32(27)36-33(38-31)28-12-7-8-14-30(28)37;/h4-19,21,37H,1-3H3;/q-1;. The van der Waals surface area contributed by atoms with E-state index in [0.29, 0.717) is 17.0 Å². The van der Waals surface area contributed by atoms with Crippen LogP contribution in [-0.4, -0.2) is 15.1 Å². The molecule has 0 bridgehead atoms. The zero-order valence-corrected chi connectivity index (χ0v) is 24.2. The van der Waals surface area contributed by atoms with Gasteiger partial charge in [0.2, 0.25) is 5.89 Å². The summed E-state index contributed by atoms with van der Waals surface area (Å²) in [4.78, 5) is 9.52. The number of phenolic OH excluding ortho intramolecular Hbond substituents is 1. The zero-order chi connectivity index (χ0) is 26.3. The van der Waals surface area contributed by atoms with Crippen molar-refractivity contribution in [2.24, 2.45) is 0 Å². The first-order chi connectivity index (χ1) is 18.4. The summed E-state index contributed by atoms with van der Waals surface area (Å²) in [6, 6.07) is 35.4. The Balaban J connectivity index is 0.00000308. The molecule has 0 unspecified atom stereocenters. The van der Waals surface area contributed by atoms with E-state index in [1.807, 2.05) is 48.7 Å². The van der Waals surface area contributed by atoms with Crippen LogP contribution in [0.25, 0.3) is 56.1 Å². The van der Waals surface area contributed by atoms with E-state index in [1.54, 1.807) is 18.2 Å². The average molecular weight is 691 g/mol. The molecule has 6 aromatic rings. The fraction of sp³-hybridized carbons (Fsp3) is 0.118. The summed E-state index contributed by atoms with van der Waals surface area (Å²) >= 11 is 0. The smallest absolute Gasteiger partial charge is 0.230 e. The van der Waals surface area contributed by atoms with Crippen LogP contribution in [0.4, 0.5) is 0 Å². The van der Waals surface area contributed by atoms with E-state index in [2.05, 4.69) is 63.2 Å². The molecule has 0 amide bonds. The third-order valence-corrected chi connectivity index (χ3v) is 6.72. The largest absolute Gasteiger partial charge is 0.507 e. The Kier molecular flexibility index (Phi) is 7.25. The van der Waals surface area contributed by atoms with Gasteiger partial charge < -0.3 is 9.52 Å². The zero-order valence-electron chi connectivity index (χ0n) is 21.9. The summed E-state index contributed by atoms with van der Waals surface area (Å²) in [6.45, 7) is 6.61. The number of pyridine rings is 1. The Hall–Kier alpha value is -4.01. The van der Waals surface area contributed by atoms with Crippen molar-refractivity contribution in [2.45, 2.75) is 26.2 Å². The molecular weight excluding hydrogens is 663 g/mol. The van der Waals surface area contributed by atoms with E-state index >= 15 is 0 Å². The van der Waals surface area contributed by atoms with Crippen LogP contribution in [0.1, 0.15) is 26.3 Å². The number of oxazole rings is 1. The van der Waals surface area contributed by atoms with Crippen molar-refractivity contribution < 1.29 is 30.6 Å². The SMILES string of the molecule is CC(C)(C)c1ccnc(-c2[c-]c(-c3cccc4oc(-c5ccccc5O)nc34)cc(-c3ccccc3)c2)c1.[Pt]. The molecule has 0 fully saturated rings. The number of nitrogens with zero attached hydrogens (tertiary/aromatic N) is 2. The van der Waals surface area contributed by atoms with E-state index in [4.69, 9.17) is 14.4 Å². The van der Waals surface area contributed by atoms with Gasteiger partial charge in [0.05, 0.1) is 11.1 Å². The topological polar surface area (TPSA) is 59.2 Å². The van der Waals surface area contributed by atoms with Crippen LogP contribution < -0.4 is 0 Å². The van der Waals surface area contributed by atoms with Gasteiger partial charge in [-0.1, -0.05) is 98.1 Å². The van der Waals surface area contributed by atoms with E-state index in [-0.39, 0.29) is 32.2 Å². The normalized spacial score (nSPS) is 11.4. The Morgan fingerprint density at radius 2 is 1.46 bits per heavy atom. The molecule has 0 atom stereocenters. The number of benzene rings is 4. The molecular formula is C34H27N2O2Pt-. The van der Waals surface area contributed by atoms with E-state index < -0.39 is 0 Å². The molecule has 2 heterocycles. The molecule has 5 heteroatoms. The van der Waals surface area contributed by atoms with Gasteiger partial charge in [0.1, 0.15) is 11.3 Å². The van der Waals surface area contributed by atoms with Crippen molar-refractivity contribution in [1.82, 2.24) is 9.97 Å². The number of fused-ring (bicyclic) bond motifs is 1. The Labute approximate surface area is 242 Å². The van der Waals surface area contributed by atoms with E-state index in [1.165, 1.54) is 5.56 Å². The molecule has 4 nitrogen and oxygen atoms in total. The average Bonchev–Trinajstić information content (AvgIpc) is 3.37. The maximum atomic E-state index is 10.4. The van der Waals surface area contributed by atoms with Crippen LogP contribution in [0.2, 0.25) is 0 Å². The predicted octanol–water partition coefficient (Wildman–Crippen LogP) is 8.69. The van der Waals surface area contributed by atoms with Gasteiger partial charge in [0.25, 0.3) is 0 Å². The minimum absolute atomic E-state index is 0. The number of hydrogen-bond donors (Lipinski definition) is 1. The van der Waals surface area contributed by atoms with Crippen LogP contribution in [0.5, 0.6) is 5.75 Å². The molecule has 0 saturated carbocycles. The quantitative estimate of drug-likeness (QED) is 0.188. The number of aromatic hydroxyl groups is 1. The summed E-state index contributed by atoms with van der Waals surface area (Å²) in [5.74, 6) is 0.509. The summed E-state index contributed by atoms with van der Waals surface area (Å²) < 4.78 is 6.08. The molecule has 0 aliphatic heterocycles. The van der Waals surface area contributed by atoms with Crippen LogP contribution >= 0.6 is 0 Å². The van der Waals surface area contributed by atoms with Crippen LogP contribution in [0.15, 0.2) is 108 Å². The first-order valence-electron chi connectivity index (χ1n) is 12.6. The second-order valence-electron chi connectivity index (χ2n) is 10.4. The minimum Gasteiger partial charge on any atom is -0.507 e. The van der Waals surface area contributed by atoms with Crippen molar-refractivity contribution in [3.63, 3.8) is 0 Å². The number of phenols is 1. The molecule has 196 valence electrons. The maximum Gasteiger partial charge on any atom is 0.230 e. The van der Waals surface area contributed by atoms with Gasteiger partial charge in [-0.15, -0.1) is 23.8 Å². The number of para-hydroxylation sites is 2. The molecule has 0 aliphatic carbocycles. The summed E-state index contributed by atoms with van der Waals surface area (Å²) in [6.07, 6.45) is 1.87. The molecule has 2 aromatic heterocycles. The Morgan fingerprint density at radius 1 is 0.744 bits per heavy atom. The van der Waals surface area contributed by atoms with Crippen molar-refractivity contribution in [2.75, 3.05) is 0 Å². The van der Waals surface area contributed by atoms with Gasteiger partial charge in [-0.2, -0.15) is 0 Å². The Morgan fingerprint density at radius 3 is 2.23 bits per heavy atom. The molecule has 39 heavy (non-hydrogen) atoms. The fourth-order valence-corrected chi connectivity index (χ4v) is 4.63. The van der Waals surface area contributed by atoms with Crippen molar-refractivity contribution in [3.05, 3.63) is 115 Å². The molecule has 0 radical (unpaired) electrons. The van der Waals surface area contributed by atoms with Gasteiger partial charge in [-0.3, -0.25) is 4.98 Å². The van der Waals surface area contributed by atoms with Crippen molar-refractivity contribution >= 4 is 11.1 Å². The van der Waals surface area contributed by atoms with Crippen molar-refractivity contribution in [1.29, 1.82) is 0 Å². The minimum atomic E-state index is 0. The van der Waals surface area contributed by atoms with E-state index in [9.17, 15) is 5.11 Å². The van der Waals surface area contributed by atoms with Gasteiger partial charge in [0.15, 0.2) is 0 Å². The molecule has 4 aromatic carbocycles. The van der Waals surface area contributed by atoms with Crippen LogP contribution in [0, 0.1) is 6.07 Å². The van der Waals surface area contributed by atoms with Crippen LogP contribution in [0.3, 0.4) is 0 Å². The first-order valence-corrected chi connectivity index (χ1v) is 12.6. The second-order valence-corrected chi connectivity index (χ2v) is 10.4. The summed E-state index contributed by atoms with van der Waals surface area (Å²) in [5, 5.41) is 10.4. The molecule has 0 saturated heterocycles. The van der Waals surface area contributed by atoms with Gasteiger partial charge in [-0.05, 0) is 40.8 Å². The summed E-state index contributed by atoms with van der Waals surface area (Å²) in [5.41, 5.74) is 8.90.